The summed E-state index contributed by atoms with van der Waals surface area (Å²) in [6, 6.07) is 6.69. The second kappa shape index (κ2) is 7.74. The lowest BCUT2D eigenvalue weighted by molar-refractivity contribution is -0.137. The van der Waals surface area contributed by atoms with Gasteiger partial charge in [-0.15, -0.1) is 0 Å². The van der Waals surface area contributed by atoms with Gasteiger partial charge < -0.3 is 9.64 Å². The number of benzene rings is 1. The van der Waals surface area contributed by atoms with Gasteiger partial charge in [-0.1, -0.05) is 23.9 Å². The second-order valence-corrected chi connectivity index (χ2v) is 6.34. The van der Waals surface area contributed by atoms with Gasteiger partial charge in [-0.2, -0.15) is 8.78 Å². The number of thioether (sulfide) groups is 1. The minimum atomic E-state index is -2.42. The van der Waals surface area contributed by atoms with Crippen molar-refractivity contribution in [2.45, 2.75) is 36.7 Å². The Labute approximate surface area is 133 Å². The van der Waals surface area contributed by atoms with Crippen molar-refractivity contribution < 1.29 is 18.3 Å². The molecule has 1 fully saturated rings. The van der Waals surface area contributed by atoms with Gasteiger partial charge in [-0.25, -0.2) is 0 Å². The normalized spacial score (nSPS) is 22.5. The van der Waals surface area contributed by atoms with E-state index in [0.717, 1.165) is 5.56 Å². The number of hydrogen-bond donors (Lipinski definition) is 0. The molecule has 1 saturated heterocycles. The fourth-order valence-corrected chi connectivity index (χ4v) is 2.89. The van der Waals surface area contributed by atoms with Crippen LogP contribution in [-0.2, 0) is 9.53 Å². The lowest BCUT2D eigenvalue weighted by Crippen LogP contribution is -2.47. The van der Waals surface area contributed by atoms with Crippen LogP contribution < -0.4 is 0 Å². The number of morpholine rings is 1. The zero-order chi connectivity index (χ0) is 16.1. The van der Waals surface area contributed by atoms with E-state index < -0.39 is 5.76 Å². The summed E-state index contributed by atoms with van der Waals surface area (Å²) in [5.41, 5.74) is 0.807. The van der Waals surface area contributed by atoms with Crippen molar-refractivity contribution >= 4 is 23.7 Å². The maximum atomic E-state index is 12.2. The number of amides is 1. The highest BCUT2D eigenvalue weighted by atomic mass is 32.2. The van der Waals surface area contributed by atoms with Crippen LogP contribution in [0.2, 0.25) is 0 Å². The van der Waals surface area contributed by atoms with Crippen molar-refractivity contribution in [2.24, 2.45) is 0 Å². The first-order valence-corrected chi connectivity index (χ1v) is 7.99. The van der Waals surface area contributed by atoms with E-state index in [1.807, 2.05) is 13.8 Å². The number of ether oxygens (including phenoxy) is 1. The third-order valence-electron chi connectivity index (χ3n) is 3.25. The molecule has 0 spiro atoms. The molecule has 0 aromatic heterocycles. The van der Waals surface area contributed by atoms with Gasteiger partial charge in [-0.3, -0.25) is 4.79 Å². The Morgan fingerprint density at radius 3 is 2.41 bits per heavy atom. The monoisotopic (exact) mass is 327 g/mol. The van der Waals surface area contributed by atoms with Crippen LogP contribution in [0.1, 0.15) is 19.4 Å². The first-order chi connectivity index (χ1) is 10.4. The third kappa shape index (κ3) is 5.10. The highest BCUT2D eigenvalue weighted by molar-refractivity contribution is 7.99. The number of nitrogens with zero attached hydrogens (tertiary/aromatic N) is 1. The Morgan fingerprint density at radius 2 is 1.86 bits per heavy atom. The van der Waals surface area contributed by atoms with Crippen molar-refractivity contribution in [2.75, 3.05) is 13.1 Å². The average molecular weight is 327 g/mol. The number of carbonyl (C=O) groups excluding carboxylic acids is 1. The number of halogens is 2. The Bertz CT molecular complexity index is 523. The molecular formula is C16H19F2NO2S. The summed E-state index contributed by atoms with van der Waals surface area (Å²) in [6.45, 7) is 5.05. The molecule has 2 unspecified atom stereocenters. The molecule has 1 aromatic rings. The summed E-state index contributed by atoms with van der Waals surface area (Å²) in [5, 5.41) is 0. The predicted molar refractivity (Wildman–Crippen MR) is 83.9 cm³/mol. The van der Waals surface area contributed by atoms with E-state index in [1.54, 1.807) is 35.2 Å². The van der Waals surface area contributed by atoms with Crippen LogP contribution >= 0.6 is 11.8 Å². The third-order valence-corrected chi connectivity index (χ3v) is 3.98. The maximum Gasteiger partial charge on any atom is 0.288 e. The van der Waals surface area contributed by atoms with Gasteiger partial charge in [0.25, 0.3) is 5.76 Å². The molecule has 0 saturated carbocycles. The maximum absolute atomic E-state index is 12.2. The molecule has 1 aliphatic heterocycles. The van der Waals surface area contributed by atoms with Crippen LogP contribution in [0.15, 0.2) is 35.2 Å². The molecule has 0 bridgehead atoms. The number of rotatable bonds is 4. The molecule has 3 nitrogen and oxygen atoms in total. The van der Waals surface area contributed by atoms with E-state index >= 15 is 0 Å². The second-order valence-electron chi connectivity index (χ2n) is 5.28. The van der Waals surface area contributed by atoms with E-state index in [1.165, 1.54) is 6.08 Å². The first-order valence-electron chi connectivity index (χ1n) is 7.11. The van der Waals surface area contributed by atoms with Crippen LogP contribution in [-0.4, -0.2) is 41.9 Å². The van der Waals surface area contributed by atoms with Crippen LogP contribution in [0.5, 0.6) is 0 Å². The quantitative estimate of drug-likeness (QED) is 0.624. The summed E-state index contributed by atoms with van der Waals surface area (Å²) in [6.07, 6.45) is 3.28. The topological polar surface area (TPSA) is 29.5 Å². The number of alkyl halides is 2. The summed E-state index contributed by atoms with van der Waals surface area (Å²) >= 11 is 0.508. The highest BCUT2D eigenvalue weighted by Crippen LogP contribution is 2.25. The largest absolute Gasteiger partial charge is 0.372 e. The molecule has 6 heteroatoms. The summed E-state index contributed by atoms with van der Waals surface area (Å²) in [7, 11) is 0. The minimum Gasteiger partial charge on any atom is -0.372 e. The van der Waals surface area contributed by atoms with Gasteiger partial charge >= 0.3 is 0 Å². The van der Waals surface area contributed by atoms with Gasteiger partial charge in [0, 0.05) is 24.1 Å². The van der Waals surface area contributed by atoms with Crippen molar-refractivity contribution in [3.05, 3.63) is 35.9 Å². The van der Waals surface area contributed by atoms with E-state index in [-0.39, 0.29) is 18.1 Å². The molecule has 120 valence electrons. The zero-order valence-corrected chi connectivity index (χ0v) is 13.4. The Balaban J connectivity index is 1.94. The molecule has 0 N–H and O–H groups in total. The molecule has 1 amide bonds. The van der Waals surface area contributed by atoms with Crippen molar-refractivity contribution in [1.29, 1.82) is 0 Å². The fraction of sp³-hybridized carbons (Fsp3) is 0.438. The Hall–Kier alpha value is -1.40. The van der Waals surface area contributed by atoms with Gasteiger partial charge in [-0.05, 0) is 37.6 Å². The first kappa shape index (κ1) is 17.0. The minimum absolute atomic E-state index is 0.0340. The van der Waals surface area contributed by atoms with E-state index in [0.29, 0.717) is 29.7 Å². The van der Waals surface area contributed by atoms with Gasteiger partial charge in [0.1, 0.15) is 0 Å². The lowest BCUT2D eigenvalue weighted by Gasteiger charge is -2.34. The summed E-state index contributed by atoms with van der Waals surface area (Å²) in [4.78, 5) is 14.4. The van der Waals surface area contributed by atoms with Crippen LogP contribution in [0.4, 0.5) is 8.78 Å². The molecular weight excluding hydrogens is 308 g/mol. The Kier molecular flexibility index (Phi) is 5.97. The molecule has 0 aliphatic carbocycles. The highest BCUT2D eigenvalue weighted by Gasteiger charge is 2.24. The Morgan fingerprint density at radius 1 is 1.27 bits per heavy atom. The number of carbonyl (C=O) groups is 1. The molecule has 22 heavy (non-hydrogen) atoms. The summed E-state index contributed by atoms with van der Waals surface area (Å²) < 4.78 is 30.1. The van der Waals surface area contributed by atoms with Crippen molar-refractivity contribution in [3.63, 3.8) is 0 Å². The van der Waals surface area contributed by atoms with Gasteiger partial charge in [0.2, 0.25) is 5.91 Å². The van der Waals surface area contributed by atoms with E-state index in [4.69, 9.17) is 4.74 Å². The fourth-order valence-electron chi connectivity index (χ4n) is 2.39. The van der Waals surface area contributed by atoms with Crippen molar-refractivity contribution in [1.82, 2.24) is 4.90 Å². The van der Waals surface area contributed by atoms with Gasteiger partial charge in [0.15, 0.2) is 0 Å². The SMILES string of the molecule is CC1CN(C(=O)/C=C/c2ccc(SC(F)F)cc2)CC(C)O1. The van der Waals surface area contributed by atoms with Gasteiger partial charge in [0.05, 0.1) is 12.2 Å². The van der Waals surface area contributed by atoms with E-state index in [9.17, 15) is 13.6 Å². The van der Waals surface area contributed by atoms with Crippen LogP contribution in [0.3, 0.4) is 0 Å². The van der Waals surface area contributed by atoms with Crippen LogP contribution in [0, 0.1) is 0 Å². The molecule has 1 heterocycles. The number of hydrogen-bond acceptors (Lipinski definition) is 3. The molecule has 1 aliphatic rings. The molecule has 2 rings (SSSR count). The smallest absolute Gasteiger partial charge is 0.288 e. The predicted octanol–water partition coefficient (Wildman–Crippen LogP) is 3.65. The molecule has 2 atom stereocenters. The van der Waals surface area contributed by atoms with E-state index in [2.05, 4.69) is 0 Å². The average Bonchev–Trinajstić information content (AvgIpc) is 2.44. The zero-order valence-electron chi connectivity index (χ0n) is 12.5. The standard InChI is InChI=1S/C16H19F2NO2S/c1-11-9-19(10-12(2)21-11)15(20)8-5-13-3-6-14(7-4-13)22-16(17)18/h3-8,11-12,16H,9-10H2,1-2H3/b8-5+. The summed E-state index contributed by atoms with van der Waals surface area (Å²) in [5.74, 6) is -2.48. The molecule has 1 aromatic carbocycles. The van der Waals surface area contributed by atoms with Crippen LogP contribution in [0.25, 0.3) is 6.08 Å². The van der Waals surface area contributed by atoms with Crippen molar-refractivity contribution in [3.8, 4) is 0 Å². The lowest BCUT2D eigenvalue weighted by atomic mass is 10.2. The molecule has 0 radical (unpaired) electrons.